The minimum Gasteiger partial charge on any atom is -0.479 e. The Balaban J connectivity index is 1.91. The Morgan fingerprint density at radius 1 is 1.31 bits per heavy atom. The number of carboxylic acid groups (broad SMARTS) is 1. The van der Waals surface area contributed by atoms with Gasteiger partial charge in [-0.15, -0.1) is 0 Å². The van der Waals surface area contributed by atoms with E-state index in [1.54, 1.807) is 35.4 Å². The molecule has 1 heterocycles. The molecule has 138 valence electrons. The number of carboxylic acids is 1. The highest BCUT2D eigenvalue weighted by molar-refractivity contribution is 5.97. The molecule has 2 aromatic rings. The van der Waals surface area contributed by atoms with E-state index < -0.39 is 24.0 Å². The van der Waals surface area contributed by atoms with Crippen LogP contribution in [0.5, 0.6) is 0 Å². The number of aryl methyl sites for hydroxylation is 1. The molecule has 0 fully saturated rings. The van der Waals surface area contributed by atoms with E-state index in [1.807, 2.05) is 0 Å². The first-order valence-corrected chi connectivity index (χ1v) is 7.87. The monoisotopic (exact) mass is 360 g/mol. The van der Waals surface area contributed by atoms with Gasteiger partial charge in [0.05, 0.1) is 12.9 Å². The number of hydrogen-bond donors (Lipinski definition) is 4. The van der Waals surface area contributed by atoms with Gasteiger partial charge in [0.2, 0.25) is 5.91 Å². The highest BCUT2D eigenvalue weighted by atomic mass is 16.4. The molecule has 0 aliphatic heterocycles. The standard InChI is InChI=1S/C17H20N4O5/c1-17(26,16(24)25)10-19-15(23)12-3-2-4-13(9-12)20-14(22)5-7-21-8-6-18-11-21/h2-4,6,8-9,11,26H,5,7,10H2,1H3,(H,19,23)(H,20,22)(H,24,25). The summed E-state index contributed by atoms with van der Waals surface area (Å²) in [6.07, 6.45) is 5.24. The molecular weight excluding hydrogens is 340 g/mol. The van der Waals surface area contributed by atoms with Crippen molar-refractivity contribution in [1.82, 2.24) is 14.9 Å². The molecule has 4 N–H and O–H groups in total. The maximum atomic E-state index is 12.1. The van der Waals surface area contributed by atoms with Gasteiger partial charge in [-0.05, 0) is 25.1 Å². The number of nitrogens with zero attached hydrogens (tertiary/aromatic N) is 2. The van der Waals surface area contributed by atoms with E-state index in [1.165, 1.54) is 12.1 Å². The predicted molar refractivity (Wildman–Crippen MR) is 92.5 cm³/mol. The molecule has 0 radical (unpaired) electrons. The molecule has 1 unspecified atom stereocenters. The summed E-state index contributed by atoms with van der Waals surface area (Å²) in [7, 11) is 0. The van der Waals surface area contributed by atoms with Crippen LogP contribution in [0.15, 0.2) is 43.0 Å². The largest absolute Gasteiger partial charge is 0.479 e. The van der Waals surface area contributed by atoms with Crippen LogP contribution in [0.1, 0.15) is 23.7 Å². The lowest BCUT2D eigenvalue weighted by atomic mass is 10.1. The maximum absolute atomic E-state index is 12.1. The number of aromatic nitrogens is 2. The number of imidazole rings is 1. The summed E-state index contributed by atoms with van der Waals surface area (Å²) in [5.41, 5.74) is -1.38. The van der Waals surface area contributed by atoms with Gasteiger partial charge >= 0.3 is 5.97 Å². The molecule has 1 aromatic heterocycles. The minimum atomic E-state index is -2.06. The van der Waals surface area contributed by atoms with Crippen LogP contribution in [0.2, 0.25) is 0 Å². The molecule has 0 spiro atoms. The van der Waals surface area contributed by atoms with Crippen molar-refractivity contribution in [2.75, 3.05) is 11.9 Å². The molecule has 0 saturated carbocycles. The van der Waals surface area contributed by atoms with Crippen molar-refractivity contribution < 1.29 is 24.6 Å². The second-order valence-corrected chi connectivity index (χ2v) is 5.94. The number of benzene rings is 1. The van der Waals surface area contributed by atoms with E-state index in [-0.39, 0.29) is 17.9 Å². The molecule has 1 aromatic carbocycles. The van der Waals surface area contributed by atoms with Gasteiger partial charge in [0.25, 0.3) is 5.91 Å². The Morgan fingerprint density at radius 3 is 2.73 bits per heavy atom. The molecule has 0 aliphatic rings. The summed E-state index contributed by atoms with van der Waals surface area (Å²) in [6.45, 7) is 1.13. The number of aliphatic carboxylic acids is 1. The van der Waals surface area contributed by atoms with E-state index in [9.17, 15) is 19.5 Å². The van der Waals surface area contributed by atoms with Gasteiger partial charge in [-0.1, -0.05) is 6.07 Å². The zero-order valence-electron chi connectivity index (χ0n) is 14.2. The second-order valence-electron chi connectivity index (χ2n) is 5.94. The van der Waals surface area contributed by atoms with Crippen molar-refractivity contribution in [3.63, 3.8) is 0 Å². The lowest BCUT2D eigenvalue weighted by molar-refractivity contribution is -0.155. The van der Waals surface area contributed by atoms with E-state index >= 15 is 0 Å². The third-order valence-corrected chi connectivity index (χ3v) is 3.62. The number of amides is 2. The van der Waals surface area contributed by atoms with Crippen molar-refractivity contribution in [3.8, 4) is 0 Å². The average Bonchev–Trinajstić information content (AvgIpc) is 3.11. The first-order chi connectivity index (χ1) is 12.3. The molecule has 0 aliphatic carbocycles. The van der Waals surface area contributed by atoms with Crippen molar-refractivity contribution in [2.24, 2.45) is 0 Å². The first-order valence-electron chi connectivity index (χ1n) is 7.87. The van der Waals surface area contributed by atoms with Crippen molar-refractivity contribution in [1.29, 1.82) is 0 Å². The SMILES string of the molecule is CC(O)(CNC(=O)c1cccc(NC(=O)CCn2ccnc2)c1)C(=O)O. The van der Waals surface area contributed by atoms with Gasteiger partial charge in [0, 0.05) is 36.6 Å². The summed E-state index contributed by atoms with van der Waals surface area (Å²) in [6, 6.07) is 6.22. The van der Waals surface area contributed by atoms with Crippen LogP contribution >= 0.6 is 0 Å². The quantitative estimate of drug-likeness (QED) is 0.541. The summed E-state index contributed by atoms with van der Waals surface area (Å²) in [5, 5.41) is 23.5. The van der Waals surface area contributed by atoms with Gasteiger partial charge in [-0.25, -0.2) is 9.78 Å². The molecule has 1 atom stereocenters. The Kier molecular flexibility index (Phi) is 6.07. The predicted octanol–water partition coefficient (Wildman–Crippen LogP) is 0.477. The van der Waals surface area contributed by atoms with Crippen molar-refractivity contribution in [3.05, 3.63) is 48.5 Å². The van der Waals surface area contributed by atoms with E-state index in [0.717, 1.165) is 6.92 Å². The number of rotatable bonds is 8. The fourth-order valence-electron chi connectivity index (χ4n) is 2.04. The summed E-state index contributed by atoms with van der Waals surface area (Å²) < 4.78 is 1.78. The zero-order valence-corrected chi connectivity index (χ0v) is 14.2. The number of aliphatic hydroxyl groups is 1. The van der Waals surface area contributed by atoms with Crippen LogP contribution in [0.4, 0.5) is 5.69 Å². The molecule has 2 rings (SSSR count). The number of carbonyl (C=O) groups is 3. The smallest absolute Gasteiger partial charge is 0.337 e. The third kappa shape index (κ3) is 5.42. The minimum absolute atomic E-state index is 0.218. The number of hydrogen-bond acceptors (Lipinski definition) is 5. The van der Waals surface area contributed by atoms with E-state index in [2.05, 4.69) is 15.6 Å². The fourth-order valence-corrected chi connectivity index (χ4v) is 2.04. The molecule has 0 saturated heterocycles. The number of carbonyl (C=O) groups excluding carboxylic acids is 2. The van der Waals surface area contributed by atoms with Gasteiger partial charge < -0.3 is 25.4 Å². The molecule has 9 heteroatoms. The van der Waals surface area contributed by atoms with Crippen LogP contribution in [0.25, 0.3) is 0 Å². The van der Waals surface area contributed by atoms with Gasteiger partial charge in [-0.3, -0.25) is 9.59 Å². The Labute approximate surface area is 149 Å². The van der Waals surface area contributed by atoms with Crippen LogP contribution in [-0.4, -0.2) is 49.7 Å². The molecular formula is C17H20N4O5. The lowest BCUT2D eigenvalue weighted by Crippen LogP contribution is -2.46. The normalized spacial score (nSPS) is 12.8. The van der Waals surface area contributed by atoms with Gasteiger partial charge in [-0.2, -0.15) is 0 Å². The van der Waals surface area contributed by atoms with Crippen LogP contribution in [0.3, 0.4) is 0 Å². The summed E-state index contributed by atoms with van der Waals surface area (Å²) >= 11 is 0. The van der Waals surface area contributed by atoms with E-state index in [4.69, 9.17) is 5.11 Å². The topological polar surface area (TPSA) is 134 Å². The molecule has 26 heavy (non-hydrogen) atoms. The van der Waals surface area contributed by atoms with Crippen LogP contribution in [0, 0.1) is 0 Å². The fraction of sp³-hybridized carbons (Fsp3) is 0.294. The second kappa shape index (κ2) is 8.26. The Hall–Kier alpha value is -3.20. The maximum Gasteiger partial charge on any atom is 0.337 e. The number of nitrogens with one attached hydrogen (secondary N) is 2. The third-order valence-electron chi connectivity index (χ3n) is 3.62. The average molecular weight is 360 g/mol. The van der Waals surface area contributed by atoms with Crippen molar-refractivity contribution in [2.45, 2.75) is 25.5 Å². The zero-order chi connectivity index (χ0) is 19.2. The molecule has 2 amide bonds. The number of anilines is 1. The highest BCUT2D eigenvalue weighted by Crippen LogP contribution is 2.12. The lowest BCUT2D eigenvalue weighted by Gasteiger charge is -2.18. The van der Waals surface area contributed by atoms with Crippen molar-refractivity contribution >= 4 is 23.5 Å². The van der Waals surface area contributed by atoms with Gasteiger partial charge in [0.1, 0.15) is 0 Å². The van der Waals surface area contributed by atoms with Crippen LogP contribution in [-0.2, 0) is 16.1 Å². The summed E-state index contributed by atoms with van der Waals surface area (Å²) in [4.78, 5) is 38.8. The molecule has 9 nitrogen and oxygen atoms in total. The molecule has 0 bridgehead atoms. The Bertz CT molecular complexity index is 786. The Morgan fingerprint density at radius 2 is 2.08 bits per heavy atom. The van der Waals surface area contributed by atoms with E-state index in [0.29, 0.717) is 12.2 Å². The highest BCUT2D eigenvalue weighted by Gasteiger charge is 2.30. The summed E-state index contributed by atoms with van der Waals surface area (Å²) in [5.74, 6) is -2.21. The van der Waals surface area contributed by atoms with Gasteiger partial charge in [0.15, 0.2) is 5.60 Å². The van der Waals surface area contributed by atoms with Crippen LogP contribution < -0.4 is 10.6 Å². The first kappa shape index (κ1) is 19.1.